The molecule has 1 N–H and O–H groups in total. The van der Waals surface area contributed by atoms with Gasteiger partial charge in [-0.25, -0.2) is 0 Å². The molecule has 0 radical (unpaired) electrons. The van der Waals surface area contributed by atoms with E-state index in [0.717, 1.165) is 30.0 Å². The lowest BCUT2D eigenvalue weighted by molar-refractivity contribution is 0.177. The standard InChI is InChI=1S/C19H31NO/c1-6-20-19(17-10-13(2)9-14(3)11-17)16-8-7-15(4)18(12-16)21-5/h7-8,12-14,17,19-20H,6,9-11H2,1-5H3. The molecule has 3 unspecified atom stereocenters. The van der Waals surface area contributed by atoms with Gasteiger partial charge in [0.05, 0.1) is 7.11 Å². The normalized spacial score (nSPS) is 27.4. The zero-order valence-electron chi connectivity index (χ0n) is 14.3. The second-order valence-corrected chi connectivity index (χ2v) is 6.94. The molecule has 1 fully saturated rings. The highest BCUT2D eigenvalue weighted by molar-refractivity contribution is 5.38. The number of methoxy groups -OCH3 is 1. The summed E-state index contributed by atoms with van der Waals surface area (Å²) >= 11 is 0. The third kappa shape index (κ3) is 4.00. The van der Waals surface area contributed by atoms with Crippen LogP contribution in [0.3, 0.4) is 0 Å². The van der Waals surface area contributed by atoms with Gasteiger partial charge in [-0.2, -0.15) is 0 Å². The summed E-state index contributed by atoms with van der Waals surface area (Å²) in [5.74, 6) is 3.42. The lowest BCUT2D eigenvalue weighted by Crippen LogP contribution is -2.33. The highest BCUT2D eigenvalue weighted by Gasteiger charge is 2.30. The average Bonchev–Trinajstić information content (AvgIpc) is 2.44. The van der Waals surface area contributed by atoms with Crippen molar-refractivity contribution in [3.63, 3.8) is 0 Å². The highest BCUT2D eigenvalue weighted by Crippen LogP contribution is 2.40. The molecule has 1 aliphatic rings. The first-order valence-corrected chi connectivity index (χ1v) is 8.43. The third-order valence-electron chi connectivity index (χ3n) is 4.90. The molecule has 0 heterocycles. The predicted octanol–water partition coefficient (Wildman–Crippen LogP) is 4.73. The van der Waals surface area contributed by atoms with Gasteiger partial charge in [-0.05, 0) is 67.7 Å². The summed E-state index contributed by atoms with van der Waals surface area (Å²) in [5.41, 5.74) is 2.59. The second-order valence-electron chi connectivity index (χ2n) is 6.94. The van der Waals surface area contributed by atoms with Crippen LogP contribution in [0, 0.1) is 24.7 Å². The van der Waals surface area contributed by atoms with E-state index in [1.165, 1.54) is 30.4 Å². The Kier molecular flexibility index (Phi) is 5.69. The molecule has 3 atom stereocenters. The van der Waals surface area contributed by atoms with Crippen molar-refractivity contribution < 1.29 is 4.74 Å². The molecule has 1 aliphatic carbocycles. The summed E-state index contributed by atoms with van der Waals surface area (Å²) < 4.78 is 5.52. The van der Waals surface area contributed by atoms with Gasteiger partial charge in [0.1, 0.15) is 5.75 Å². The summed E-state index contributed by atoms with van der Waals surface area (Å²) in [6.07, 6.45) is 4.04. The van der Waals surface area contributed by atoms with E-state index in [4.69, 9.17) is 4.74 Å². The van der Waals surface area contributed by atoms with Gasteiger partial charge in [-0.15, -0.1) is 0 Å². The average molecular weight is 289 g/mol. The molecular formula is C19H31NO. The van der Waals surface area contributed by atoms with Gasteiger partial charge in [0, 0.05) is 6.04 Å². The zero-order chi connectivity index (χ0) is 15.4. The number of hydrogen-bond donors (Lipinski definition) is 1. The first-order valence-electron chi connectivity index (χ1n) is 8.43. The molecule has 0 saturated heterocycles. The number of hydrogen-bond acceptors (Lipinski definition) is 2. The van der Waals surface area contributed by atoms with Gasteiger partial charge in [0.2, 0.25) is 0 Å². The van der Waals surface area contributed by atoms with Crippen LogP contribution in [0.5, 0.6) is 5.75 Å². The molecule has 2 rings (SSSR count). The van der Waals surface area contributed by atoms with E-state index in [2.05, 4.69) is 51.2 Å². The maximum Gasteiger partial charge on any atom is 0.122 e. The lowest BCUT2D eigenvalue weighted by atomic mass is 9.72. The van der Waals surface area contributed by atoms with Crippen LogP contribution in [0.15, 0.2) is 18.2 Å². The molecule has 2 heteroatoms. The molecule has 21 heavy (non-hydrogen) atoms. The maximum absolute atomic E-state index is 5.52. The first kappa shape index (κ1) is 16.4. The van der Waals surface area contributed by atoms with Crippen LogP contribution in [0.1, 0.15) is 57.2 Å². The number of rotatable bonds is 5. The van der Waals surface area contributed by atoms with E-state index >= 15 is 0 Å². The minimum absolute atomic E-state index is 0.453. The largest absolute Gasteiger partial charge is 0.496 e. The molecular weight excluding hydrogens is 258 g/mol. The van der Waals surface area contributed by atoms with Gasteiger partial charge in [0.15, 0.2) is 0 Å². The van der Waals surface area contributed by atoms with Crippen LogP contribution in [0.2, 0.25) is 0 Å². The van der Waals surface area contributed by atoms with Gasteiger partial charge in [-0.3, -0.25) is 0 Å². The number of nitrogens with one attached hydrogen (secondary N) is 1. The van der Waals surface area contributed by atoms with E-state index < -0.39 is 0 Å². The van der Waals surface area contributed by atoms with Crippen LogP contribution in [-0.4, -0.2) is 13.7 Å². The van der Waals surface area contributed by atoms with E-state index in [1.54, 1.807) is 7.11 Å². The molecule has 1 aromatic carbocycles. The van der Waals surface area contributed by atoms with Gasteiger partial charge in [0.25, 0.3) is 0 Å². The van der Waals surface area contributed by atoms with Crippen molar-refractivity contribution in [3.8, 4) is 5.75 Å². The molecule has 0 amide bonds. The fraction of sp³-hybridized carbons (Fsp3) is 0.684. The van der Waals surface area contributed by atoms with Crippen molar-refractivity contribution in [1.82, 2.24) is 5.32 Å². The van der Waals surface area contributed by atoms with Gasteiger partial charge < -0.3 is 10.1 Å². The molecule has 0 spiro atoms. The highest BCUT2D eigenvalue weighted by atomic mass is 16.5. The quantitative estimate of drug-likeness (QED) is 0.846. The number of ether oxygens (including phenoxy) is 1. The molecule has 0 aliphatic heterocycles. The van der Waals surface area contributed by atoms with Crippen LogP contribution >= 0.6 is 0 Å². The maximum atomic E-state index is 5.52. The summed E-state index contributed by atoms with van der Waals surface area (Å²) in [6, 6.07) is 7.14. The molecule has 0 aromatic heterocycles. The van der Waals surface area contributed by atoms with Crippen LogP contribution in [0.25, 0.3) is 0 Å². The summed E-state index contributed by atoms with van der Waals surface area (Å²) in [7, 11) is 1.76. The van der Waals surface area contributed by atoms with E-state index in [-0.39, 0.29) is 0 Å². The van der Waals surface area contributed by atoms with E-state index in [9.17, 15) is 0 Å². The van der Waals surface area contributed by atoms with E-state index in [0.29, 0.717) is 6.04 Å². The Morgan fingerprint density at radius 2 is 1.86 bits per heavy atom. The predicted molar refractivity (Wildman–Crippen MR) is 89.8 cm³/mol. The molecule has 2 nitrogen and oxygen atoms in total. The molecule has 0 bridgehead atoms. The Labute approximate surface area is 130 Å². The summed E-state index contributed by atoms with van der Waals surface area (Å²) in [6.45, 7) is 10.1. The smallest absolute Gasteiger partial charge is 0.122 e. The van der Waals surface area contributed by atoms with Crippen molar-refractivity contribution in [1.29, 1.82) is 0 Å². The van der Waals surface area contributed by atoms with Crippen molar-refractivity contribution in [2.75, 3.05) is 13.7 Å². The molecule has 118 valence electrons. The first-order chi connectivity index (χ1) is 10.0. The van der Waals surface area contributed by atoms with Crippen LogP contribution in [0.4, 0.5) is 0 Å². The summed E-state index contributed by atoms with van der Waals surface area (Å²) in [5, 5.41) is 3.72. The Bertz CT molecular complexity index is 447. The Morgan fingerprint density at radius 3 is 2.43 bits per heavy atom. The Hall–Kier alpha value is -1.02. The van der Waals surface area contributed by atoms with Crippen LogP contribution < -0.4 is 10.1 Å². The minimum atomic E-state index is 0.453. The monoisotopic (exact) mass is 289 g/mol. The van der Waals surface area contributed by atoms with E-state index in [1.807, 2.05) is 0 Å². The second kappa shape index (κ2) is 7.31. The van der Waals surface area contributed by atoms with Crippen LogP contribution in [-0.2, 0) is 0 Å². The summed E-state index contributed by atoms with van der Waals surface area (Å²) in [4.78, 5) is 0. The molecule has 1 saturated carbocycles. The van der Waals surface area contributed by atoms with Crippen molar-refractivity contribution in [2.24, 2.45) is 17.8 Å². The van der Waals surface area contributed by atoms with Crippen molar-refractivity contribution >= 4 is 0 Å². The molecule has 1 aromatic rings. The Morgan fingerprint density at radius 1 is 1.19 bits per heavy atom. The number of benzene rings is 1. The topological polar surface area (TPSA) is 21.3 Å². The van der Waals surface area contributed by atoms with Gasteiger partial charge in [-0.1, -0.05) is 32.9 Å². The fourth-order valence-corrected chi connectivity index (χ4v) is 4.09. The number of aryl methyl sites for hydroxylation is 1. The van der Waals surface area contributed by atoms with Gasteiger partial charge >= 0.3 is 0 Å². The lowest BCUT2D eigenvalue weighted by Gasteiger charge is -2.37. The third-order valence-corrected chi connectivity index (χ3v) is 4.90. The Balaban J connectivity index is 2.25. The van der Waals surface area contributed by atoms with Crippen molar-refractivity contribution in [2.45, 2.75) is 53.0 Å². The minimum Gasteiger partial charge on any atom is -0.496 e. The fourth-order valence-electron chi connectivity index (χ4n) is 4.09. The zero-order valence-corrected chi connectivity index (χ0v) is 14.3. The van der Waals surface area contributed by atoms with Crippen molar-refractivity contribution in [3.05, 3.63) is 29.3 Å². The SMILES string of the molecule is CCNC(c1ccc(C)c(OC)c1)C1CC(C)CC(C)C1.